The molecule has 27 heavy (non-hydrogen) atoms. The van der Waals surface area contributed by atoms with Gasteiger partial charge in [-0.3, -0.25) is 4.79 Å². The molecule has 2 aromatic carbocycles. The van der Waals surface area contributed by atoms with E-state index in [2.05, 4.69) is 10.3 Å². The Morgan fingerprint density at radius 2 is 1.67 bits per heavy atom. The van der Waals surface area contributed by atoms with Crippen LogP contribution in [0.15, 0.2) is 94.2 Å². The molecule has 2 heterocycles. The minimum atomic E-state index is -0.353. The van der Waals surface area contributed by atoms with Crippen LogP contribution in [0.3, 0.4) is 0 Å². The van der Waals surface area contributed by atoms with E-state index in [4.69, 9.17) is 8.83 Å². The van der Waals surface area contributed by atoms with E-state index in [-0.39, 0.29) is 18.4 Å². The van der Waals surface area contributed by atoms with E-state index in [0.717, 1.165) is 11.1 Å². The highest BCUT2D eigenvalue weighted by atomic mass is 16.3. The van der Waals surface area contributed by atoms with E-state index >= 15 is 0 Å². The van der Waals surface area contributed by atoms with Crippen molar-refractivity contribution in [1.82, 2.24) is 10.3 Å². The van der Waals surface area contributed by atoms with Gasteiger partial charge in [-0.25, -0.2) is 4.98 Å². The van der Waals surface area contributed by atoms with Crippen LogP contribution < -0.4 is 5.32 Å². The van der Waals surface area contributed by atoms with E-state index in [1.165, 1.54) is 6.26 Å². The number of hydrogen-bond donors (Lipinski definition) is 1. The van der Waals surface area contributed by atoms with Crippen molar-refractivity contribution in [2.75, 3.05) is 0 Å². The van der Waals surface area contributed by atoms with Crippen LogP contribution in [0.4, 0.5) is 0 Å². The van der Waals surface area contributed by atoms with Crippen molar-refractivity contribution in [1.29, 1.82) is 0 Å². The maximum atomic E-state index is 12.6. The molecule has 1 unspecified atom stereocenters. The van der Waals surface area contributed by atoms with E-state index < -0.39 is 0 Å². The summed E-state index contributed by atoms with van der Waals surface area (Å²) in [5.41, 5.74) is 2.41. The number of carbonyl (C=O) groups excluding carboxylic acids is 1. The molecule has 0 bridgehead atoms. The number of nitrogens with zero attached hydrogens (tertiary/aromatic N) is 1. The van der Waals surface area contributed by atoms with Gasteiger partial charge in [0.25, 0.3) is 0 Å². The van der Waals surface area contributed by atoms with E-state index in [1.807, 2.05) is 66.7 Å². The van der Waals surface area contributed by atoms with Crippen molar-refractivity contribution < 1.29 is 13.6 Å². The molecule has 0 saturated carbocycles. The molecule has 5 nitrogen and oxygen atoms in total. The molecule has 1 amide bonds. The lowest BCUT2D eigenvalue weighted by Gasteiger charge is -2.16. The fraction of sp³-hybridized carbons (Fsp3) is 0.0909. The Hall–Kier alpha value is -3.60. The van der Waals surface area contributed by atoms with Crippen molar-refractivity contribution in [2.45, 2.75) is 12.5 Å². The number of benzene rings is 2. The van der Waals surface area contributed by atoms with Crippen molar-refractivity contribution in [3.63, 3.8) is 0 Å². The summed E-state index contributed by atoms with van der Waals surface area (Å²) in [7, 11) is 0. The first-order valence-electron chi connectivity index (χ1n) is 8.67. The van der Waals surface area contributed by atoms with Gasteiger partial charge in [-0.15, -0.1) is 0 Å². The third-order valence-corrected chi connectivity index (χ3v) is 4.18. The summed E-state index contributed by atoms with van der Waals surface area (Å²) in [6, 6.07) is 22.6. The SMILES string of the molecule is O=C(Cc1coc(-c2ccccc2)n1)NC(c1ccccc1)c1ccco1. The molecule has 0 radical (unpaired) electrons. The molecule has 0 spiro atoms. The number of nitrogens with one attached hydrogen (secondary N) is 1. The van der Waals surface area contributed by atoms with E-state index in [1.54, 1.807) is 12.3 Å². The fourth-order valence-corrected chi connectivity index (χ4v) is 2.90. The minimum Gasteiger partial charge on any atom is -0.467 e. The zero-order valence-electron chi connectivity index (χ0n) is 14.5. The van der Waals surface area contributed by atoms with Crippen molar-refractivity contribution >= 4 is 5.91 Å². The molecular formula is C22H18N2O3. The Morgan fingerprint density at radius 1 is 0.926 bits per heavy atom. The predicted molar refractivity (Wildman–Crippen MR) is 101 cm³/mol. The van der Waals surface area contributed by atoms with Crippen LogP contribution in [-0.2, 0) is 11.2 Å². The zero-order chi connectivity index (χ0) is 18.5. The maximum absolute atomic E-state index is 12.6. The second-order valence-electron chi connectivity index (χ2n) is 6.11. The molecule has 2 aromatic heterocycles. The third-order valence-electron chi connectivity index (χ3n) is 4.18. The largest absolute Gasteiger partial charge is 0.467 e. The van der Waals surface area contributed by atoms with Gasteiger partial charge in [0.15, 0.2) is 0 Å². The first kappa shape index (κ1) is 16.8. The summed E-state index contributed by atoms with van der Waals surface area (Å²) in [4.78, 5) is 17.0. The van der Waals surface area contributed by atoms with E-state index in [9.17, 15) is 4.79 Å². The molecule has 0 aliphatic heterocycles. The Morgan fingerprint density at radius 3 is 2.37 bits per heavy atom. The van der Waals surface area contributed by atoms with Gasteiger partial charge in [-0.1, -0.05) is 48.5 Å². The molecule has 0 aliphatic rings. The molecule has 134 valence electrons. The van der Waals surface area contributed by atoms with Gasteiger partial charge in [-0.05, 0) is 29.8 Å². The summed E-state index contributed by atoms with van der Waals surface area (Å²) in [6.45, 7) is 0. The van der Waals surface area contributed by atoms with Crippen LogP contribution in [0.1, 0.15) is 23.1 Å². The molecular weight excluding hydrogens is 340 g/mol. The standard InChI is InChI=1S/C22H18N2O3/c25-20(14-18-15-27-22(23-18)17-10-5-2-6-11-17)24-21(19-12-7-13-26-19)16-8-3-1-4-9-16/h1-13,15,21H,14H2,(H,24,25). The second-order valence-corrected chi connectivity index (χ2v) is 6.11. The highest BCUT2D eigenvalue weighted by molar-refractivity contribution is 5.79. The molecule has 4 rings (SSSR count). The van der Waals surface area contributed by atoms with Gasteiger partial charge in [0.05, 0.1) is 18.4 Å². The Kier molecular flexibility index (Phi) is 4.83. The number of hydrogen-bond acceptors (Lipinski definition) is 4. The Bertz CT molecular complexity index is 993. The van der Waals surface area contributed by atoms with Crippen molar-refractivity contribution in [3.05, 3.63) is 102 Å². The van der Waals surface area contributed by atoms with Gasteiger partial charge in [-0.2, -0.15) is 0 Å². The highest BCUT2D eigenvalue weighted by Crippen LogP contribution is 2.23. The number of carbonyl (C=O) groups is 1. The summed E-state index contributed by atoms with van der Waals surface area (Å²) in [5, 5.41) is 3.02. The summed E-state index contributed by atoms with van der Waals surface area (Å²) < 4.78 is 11.0. The zero-order valence-corrected chi connectivity index (χ0v) is 14.5. The third kappa shape index (κ3) is 3.98. The predicted octanol–water partition coefficient (Wildman–Crippen LogP) is 4.38. The van der Waals surface area contributed by atoms with Crippen LogP contribution >= 0.6 is 0 Å². The average Bonchev–Trinajstić information content (AvgIpc) is 3.40. The van der Waals surface area contributed by atoms with Crippen LogP contribution in [0.5, 0.6) is 0 Å². The quantitative estimate of drug-likeness (QED) is 0.555. The topological polar surface area (TPSA) is 68.3 Å². The van der Waals surface area contributed by atoms with Crippen LogP contribution in [0.25, 0.3) is 11.5 Å². The highest BCUT2D eigenvalue weighted by Gasteiger charge is 2.20. The number of furan rings is 1. The molecule has 0 aliphatic carbocycles. The lowest BCUT2D eigenvalue weighted by molar-refractivity contribution is -0.121. The van der Waals surface area contributed by atoms with Crippen LogP contribution in [-0.4, -0.2) is 10.9 Å². The lowest BCUT2D eigenvalue weighted by Crippen LogP contribution is -2.30. The number of rotatable bonds is 6. The van der Waals surface area contributed by atoms with Crippen molar-refractivity contribution in [2.24, 2.45) is 0 Å². The number of amides is 1. The molecule has 4 aromatic rings. The van der Waals surface area contributed by atoms with E-state index in [0.29, 0.717) is 17.3 Å². The first-order valence-corrected chi connectivity index (χ1v) is 8.67. The van der Waals surface area contributed by atoms with Crippen molar-refractivity contribution in [3.8, 4) is 11.5 Å². The normalized spacial score (nSPS) is 11.9. The first-order chi connectivity index (χ1) is 13.3. The minimum absolute atomic E-state index is 0.125. The molecule has 5 heteroatoms. The average molecular weight is 358 g/mol. The monoisotopic (exact) mass is 358 g/mol. The maximum Gasteiger partial charge on any atom is 0.226 e. The van der Waals surface area contributed by atoms with Gasteiger partial charge in [0.2, 0.25) is 11.8 Å². The Balaban J connectivity index is 1.49. The number of oxazole rings is 1. The van der Waals surface area contributed by atoms with Crippen LogP contribution in [0.2, 0.25) is 0 Å². The van der Waals surface area contributed by atoms with Crippen LogP contribution in [0, 0.1) is 0 Å². The fourth-order valence-electron chi connectivity index (χ4n) is 2.90. The summed E-state index contributed by atoms with van der Waals surface area (Å²) in [5.74, 6) is 1.02. The van der Waals surface area contributed by atoms with Gasteiger partial charge in [0.1, 0.15) is 18.1 Å². The molecule has 1 atom stereocenters. The smallest absolute Gasteiger partial charge is 0.226 e. The van der Waals surface area contributed by atoms with Gasteiger partial charge in [0, 0.05) is 5.56 Å². The molecule has 0 fully saturated rings. The molecule has 1 N–H and O–H groups in total. The summed E-state index contributed by atoms with van der Waals surface area (Å²) in [6.07, 6.45) is 3.24. The number of aromatic nitrogens is 1. The lowest BCUT2D eigenvalue weighted by atomic mass is 10.0. The second kappa shape index (κ2) is 7.74. The summed E-state index contributed by atoms with van der Waals surface area (Å²) >= 11 is 0. The van der Waals surface area contributed by atoms with Gasteiger partial charge < -0.3 is 14.2 Å². The van der Waals surface area contributed by atoms with Gasteiger partial charge >= 0.3 is 0 Å². The molecule has 0 saturated heterocycles. The Labute approximate surface area is 156 Å².